The fourth-order valence-corrected chi connectivity index (χ4v) is 4.06. The van der Waals surface area contributed by atoms with Crippen LogP contribution in [0.2, 0.25) is 0 Å². The van der Waals surface area contributed by atoms with Gasteiger partial charge in [0.1, 0.15) is 5.01 Å². The molecule has 1 unspecified atom stereocenters. The van der Waals surface area contributed by atoms with E-state index in [1.165, 1.54) is 41.0 Å². The summed E-state index contributed by atoms with van der Waals surface area (Å²) in [6, 6.07) is 9.14. The molecule has 19 heavy (non-hydrogen) atoms. The standard InChI is InChI=1S/C16H18N2S/c17-13-5-2-6-14-15(13)19-16(18-14)12-4-1-3-11(9-12)10-7-8-10/h1,3-4,9-10,13H,2,5-8,17H2. The van der Waals surface area contributed by atoms with E-state index in [0.717, 1.165) is 23.8 Å². The maximum absolute atomic E-state index is 6.20. The van der Waals surface area contributed by atoms with E-state index < -0.39 is 0 Å². The number of fused-ring (bicyclic) bond motifs is 1. The summed E-state index contributed by atoms with van der Waals surface area (Å²) in [5.74, 6) is 0.803. The second-order valence-electron chi connectivity index (χ2n) is 5.73. The zero-order chi connectivity index (χ0) is 12.8. The van der Waals surface area contributed by atoms with Crippen molar-refractivity contribution in [3.63, 3.8) is 0 Å². The summed E-state index contributed by atoms with van der Waals surface area (Å²) >= 11 is 1.80. The Morgan fingerprint density at radius 3 is 2.89 bits per heavy atom. The van der Waals surface area contributed by atoms with Crippen LogP contribution in [0.3, 0.4) is 0 Å². The van der Waals surface area contributed by atoms with Crippen molar-refractivity contribution in [1.82, 2.24) is 4.98 Å². The number of hydrogen-bond acceptors (Lipinski definition) is 3. The zero-order valence-electron chi connectivity index (χ0n) is 10.9. The Bertz CT molecular complexity index is 613. The lowest BCUT2D eigenvalue weighted by Gasteiger charge is -2.15. The van der Waals surface area contributed by atoms with E-state index in [1.54, 1.807) is 11.3 Å². The van der Waals surface area contributed by atoms with Crippen LogP contribution in [0, 0.1) is 0 Å². The molecule has 2 aliphatic carbocycles. The number of thiazole rings is 1. The van der Waals surface area contributed by atoms with E-state index in [0.29, 0.717) is 0 Å². The van der Waals surface area contributed by atoms with Crippen molar-refractivity contribution in [1.29, 1.82) is 0 Å². The van der Waals surface area contributed by atoms with E-state index in [9.17, 15) is 0 Å². The number of nitrogens with zero attached hydrogens (tertiary/aromatic N) is 1. The molecule has 98 valence electrons. The van der Waals surface area contributed by atoms with Crippen molar-refractivity contribution in [2.75, 3.05) is 0 Å². The lowest BCUT2D eigenvalue weighted by molar-refractivity contribution is 0.573. The molecule has 1 aromatic carbocycles. The minimum absolute atomic E-state index is 0.210. The third-order valence-corrected chi connectivity index (χ3v) is 5.45. The molecule has 1 saturated carbocycles. The van der Waals surface area contributed by atoms with Gasteiger partial charge in [-0.15, -0.1) is 11.3 Å². The number of benzene rings is 1. The number of aromatic nitrogens is 1. The molecule has 0 spiro atoms. The Labute approximate surface area is 117 Å². The molecular formula is C16H18N2S. The SMILES string of the molecule is NC1CCCc2nc(-c3cccc(C4CC4)c3)sc21. The van der Waals surface area contributed by atoms with E-state index in [2.05, 4.69) is 24.3 Å². The summed E-state index contributed by atoms with van der Waals surface area (Å²) in [7, 11) is 0. The minimum atomic E-state index is 0.210. The highest BCUT2D eigenvalue weighted by Gasteiger charge is 2.25. The average Bonchev–Trinajstić information content (AvgIpc) is 3.19. The van der Waals surface area contributed by atoms with Crippen molar-refractivity contribution in [3.05, 3.63) is 40.4 Å². The summed E-state index contributed by atoms with van der Waals surface area (Å²) in [5, 5.41) is 1.16. The molecule has 2 aliphatic rings. The van der Waals surface area contributed by atoms with E-state index >= 15 is 0 Å². The van der Waals surface area contributed by atoms with E-state index in [1.807, 2.05) is 0 Å². The summed E-state index contributed by atoms with van der Waals surface area (Å²) < 4.78 is 0. The Hall–Kier alpha value is -1.19. The Morgan fingerprint density at radius 2 is 2.11 bits per heavy atom. The molecule has 1 heterocycles. The monoisotopic (exact) mass is 270 g/mol. The maximum atomic E-state index is 6.20. The first-order valence-electron chi connectivity index (χ1n) is 7.17. The molecule has 0 saturated heterocycles. The number of nitrogens with two attached hydrogens (primary N) is 1. The quantitative estimate of drug-likeness (QED) is 0.895. The van der Waals surface area contributed by atoms with Gasteiger partial charge in [0.25, 0.3) is 0 Å². The molecule has 1 aromatic heterocycles. The lowest BCUT2D eigenvalue weighted by Crippen LogP contribution is -2.15. The van der Waals surface area contributed by atoms with Gasteiger partial charge in [-0.2, -0.15) is 0 Å². The molecule has 1 fully saturated rings. The number of hydrogen-bond donors (Lipinski definition) is 1. The van der Waals surface area contributed by atoms with Gasteiger partial charge in [0, 0.05) is 16.5 Å². The van der Waals surface area contributed by atoms with Crippen molar-refractivity contribution in [2.24, 2.45) is 5.73 Å². The van der Waals surface area contributed by atoms with Crippen LogP contribution in [0.25, 0.3) is 10.6 Å². The molecule has 2 aromatic rings. The van der Waals surface area contributed by atoms with Crippen LogP contribution < -0.4 is 5.73 Å². The van der Waals surface area contributed by atoms with Gasteiger partial charge in [0.05, 0.1) is 5.69 Å². The van der Waals surface area contributed by atoms with Crippen LogP contribution in [-0.4, -0.2) is 4.98 Å². The number of aryl methyl sites for hydroxylation is 1. The van der Waals surface area contributed by atoms with Crippen LogP contribution in [0.1, 0.15) is 53.8 Å². The second kappa shape index (κ2) is 4.43. The first kappa shape index (κ1) is 11.6. The fourth-order valence-electron chi connectivity index (χ4n) is 2.92. The highest BCUT2D eigenvalue weighted by molar-refractivity contribution is 7.15. The molecule has 1 atom stereocenters. The first-order chi connectivity index (χ1) is 9.31. The summed E-state index contributed by atoms with van der Waals surface area (Å²) in [5.41, 5.74) is 10.2. The van der Waals surface area contributed by atoms with Crippen LogP contribution in [0.5, 0.6) is 0 Å². The van der Waals surface area contributed by atoms with Crippen molar-refractivity contribution < 1.29 is 0 Å². The average molecular weight is 270 g/mol. The van der Waals surface area contributed by atoms with Gasteiger partial charge in [0.15, 0.2) is 0 Å². The van der Waals surface area contributed by atoms with Gasteiger partial charge in [-0.05, 0) is 49.7 Å². The molecular weight excluding hydrogens is 252 g/mol. The highest BCUT2D eigenvalue weighted by Crippen LogP contribution is 2.42. The first-order valence-corrected chi connectivity index (χ1v) is 7.98. The topological polar surface area (TPSA) is 38.9 Å². The van der Waals surface area contributed by atoms with Gasteiger partial charge >= 0.3 is 0 Å². The second-order valence-corrected chi connectivity index (χ2v) is 6.76. The molecule has 0 radical (unpaired) electrons. The van der Waals surface area contributed by atoms with Gasteiger partial charge in [-0.3, -0.25) is 0 Å². The van der Waals surface area contributed by atoms with Crippen molar-refractivity contribution in [2.45, 2.75) is 44.1 Å². The largest absolute Gasteiger partial charge is 0.323 e. The van der Waals surface area contributed by atoms with Gasteiger partial charge < -0.3 is 5.73 Å². The zero-order valence-corrected chi connectivity index (χ0v) is 11.7. The molecule has 0 aliphatic heterocycles. The van der Waals surface area contributed by atoms with Gasteiger partial charge in [-0.25, -0.2) is 4.98 Å². The third kappa shape index (κ3) is 2.11. The van der Waals surface area contributed by atoms with Gasteiger partial charge in [0.2, 0.25) is 0 Å². The Balaban J connectivity index is 1.73. The van der Waals surface area contributed by atoms with Gasteiger partial charge in [-0.1, -0.05) is 18.2 Å². The highest BCUT2D eigenvalue weighted by atomic mass is 32.1. The van der Waals surface area contributed by atoms with Crippen molar-refractivity contribution >= 4 is 11.3 Å². The molecule has 3 heteroatoms. The van der Waals surface area contributed by atoms with Crippen LogP contribution in [0.4, 0.5) is 0 Å². The summed E-state index contributed by atoms with van der Waals surface area (Å²) in [6.45, 7) is 0. The van der Waals surface area contributed by atoms with Crippen LogP contribution in [0.15, 0.2) is 24.3 Å². The normalized spacial score (nSPS) is 22.3. The van der Waals surface area contributed by atoms with Crippen LogP contribution >= 0.6 is 11.3 Å². The predicted molar refractivity (Wildman–Crippen MR) is 79.4 cm³/mol. The third-order valence-electron chi connectivity index (χ3n) is 4.18. The van der Waals surface area contributed by atoms with Crippen molar-refractivity contribution in [3.8, 4) is 10.6 Å². The number of rotatable bonds is 2. The van der Waals surface area contributed by atoms with E-state index in [4.69, 9.17) is 10.7 Å². The smallest absolute Gasteiger partial charge is 0.123 e. The molecule has 0 bridgehead atoms. The fraction of sp³-hybridized carbons (Fsp3) is 0.438. The molecule has 0 amide bonds. The van der Waals surface area contributed by atoms with E-state index in [-0.39, 0.29) is 6.04 Å². The van der Waals surface area contributed by atoms with Crippen LogP contribution in [-0.2, 0) is 6.42 Å². The Morgan fingerprint density at radius 1 is 1.21 bits per heavy atom. The minimum Gasteiger partial charge on any atom is -0.323 e. The molecule has 2 N–H and O–H groups in total. The maximum Gasteiger partial charge on any atom is 0.123 e. The lowest BCUT2D eigenvalue weighted by atomic mass is 9.99. The molecule has 2 nitrogen and oxygen atoms in total. The summed E-state index contributed by atoms with van der Waals surface area (Å²) in [6.07, 6.45) is 6.09. The Kier molecular flexibility index (Phi) is 2.71. The predicted octanol–water partition coefficient (Wildman–Crippen LogP) is 4.02. The summed E-state index contributed by atoms with van der Waals surface area (Å²) in [4.78, 5) is 6.15. The molecule has 4 rings (SSSR count).